The van der Waals surface area contributed by atoms with Crippen LogP contribution >= 0.6 is 12.2 Å². The van der Waals surface area contributed by atoms with E-state index < -0.39 is 6.04 Å². The summed E-state index contributed by atoms with van der Waals surface area (Å²) < 4.78 is 19.3. The monoisotopic (exact) mass is 399 g/mol. The minimum Gasteiger partial charge on any atom is -0.495 e. The number of anilines is 1. The van der Waals surface area contributed by atoms with Crippen molar-refractivity contribution in [2.45, 2.75) is 13.0 Å². The highest BCUT2D eigenvalue weighted by Crippen LogP contribution is 2.37. The van der Waals surface area contributed by atoms with E-state index in [1.807, 2.05) is 31.2 Å². The van der Waals surface area contributed by atoms with Crippen molar-refractivity contribution in [3.05, 3.63) is 71.2 Å². The third-order valence-corrected chi connectivity index (χ3v) is 4.93. The van der Waals surface area contributed by atoms with Crippen LogP contribution in [0.3, 0.4) is 0 Å². The number of allylic oxidation sites excluding steroid dienone is 1. The average Bonchev–Trinajstić information content (AvgIpc) is 2.67. The molecule has 1 aliphatic rings. The normalized spacial score (nSPS) is 16.7. The Morgan fingerprint density at radius 2 is 1.93 bits per heavy atom. The number of para-hydroxylation sites is 2. The van der Waals surface area contributed by atoms with E-state index in [9.17, 15) is 9.18 Å². The van der Waals surface area contributed by atoms with Gasteiger partial charge in [-0.3, -0.25) is 9.69 Å². The first-order valence-electron chi connectivity index (χ1n) is 8.76. The molecule has 3 rings (SSSR count). The largest absolute Gasteiger partial charge is 0.495 e. The fraction of sp³-hybridized carbons (Fsp3) is 0.238. The van der Waals surface area contributed by atoms with Crippen LogP contribution in [-0.4, -0.2) is 37.1 Å². The Hall–Kier alpha value is -2.93. The van der Waals surface area contributed by atoms with Crippen molar-refractivity contribution in [2.24, 2.45) is 0 Å². The molecular weight excluding hydrogens is 377 g/mol. The molecule has 0 aliphatic carbocycles. The first-order valence-corrected chi connectivity index (χ1v) is 9.17. The number of likely N-dealkylation sites (N-methyl/N-ethyl adjacent to an activating group) is 1. The summed E-state index contributed by atoms with van der Waals surface area (Å²) in [6.07, 6.45) is 0. The van der Waals surface area contributed by atoms with Gasteiger partial charge in [0.05, 0.1) is 24.4 Å². The Balaban J connectivity index is 2.20. The number of halogens is 1. The molecule has 0 aromatic heterocycles. The second-order valence-electron chi connectivity index (χ2n) is 6.64. The summed E-state index contributed by atoms with van der Waals surface area (Å²) in [5.74, 6) is 0.0835. The number of hydrogen-bond acceptors (Lipinski definition) is 3. The van der Waals surface area contributed by atoms with Gasteiger partial charge in [0.2, 0.25) is 0 Å². The minimum atomic E-state index is -0.552. The number of hydrogen-bond donors (Lipinski definition) is 1. The van der Waals surface area contributed by atoms with Crippen LogP contribution in [-0.2, 0) is 4.79 Å². The third kappa shape index (κ3) is 3.57. The van der Waals surface area contributed by atoms with Gasteiger partial charge in [0.1, 0.15) is 11.6 Å². The van der Waals surface area contributed by atoms with Gasteiger partial charge in [0.15, 0.2) is 5.11 Å². The highest BCUT2D eigenvalue weighted by atomic mass is 32.1. The Labute approximate surface area is 169 Å². The number of amides is 1. The lowest BCUT2D eigenvalue weighted by Gasteiger charge is -2.39. The summed E-state index contributed by atoms with van der Waals surface area (Å²) in [5.41, 5.74) is 2.52. The molecule has 0 radical (unpaired) electrons. The van der Waals surface area contributed by atoms with E-state index in [0.29, 0.717) is 27.7 Å². The molecule has 2 aromatic carbocycles. The standard InChI is InChI=1S/C21H22FN3O2S/c1-13-18(20(26)24(2)3)19(14-8-7-9-15(22)12-14)23-21(28)25(13)16-10-5-6-11-17(16)27-4/h5-12,19H,1-4H3,(H,23,28)/t19-/m1/s1. The number of carbonyl (C=O) groups is 1. The van der Waals surface area contributed by atoms with Crippen molar-refractivity contribution in [2.75, 3.05) is 26.1 Å². The number of carbonyl (C=O) groups excluding carboxylic acids is 1. The summed E-state index contributed by atoms with van der Waals surface area (Å²) >= 11 is 5.62. The van der Waals surface area contributed by atoms with Gasteiger partial charge in [0, 0.05) is 19.8 Å². The van der Waals surface area contributed by atoms with E-state index >= 15 is 0 Å². The molecule has 7 heteroatoms. The molecule has 0 saturated heterocycles. The van der Waals surface area contributed by atoms with Crippen LogP contribution in [0, 0.1) is 5.82 Å². The minimum absolute atomic E-state index is 0.179. The van der Waals surface area contributed by atoms with Crippen LogP contribution in [0.25, 0.3) is 0 Å². The van der Waals surface area contributed by atoms with E-state index in [4.69, 9.17) is 17.0 Å². The second kappa shape index (κ2) is 7.98. The highest BCUT2D eigenvalue weighted by Gasteiger charge is 2.36. The lowest BCUT2D eigenvalue weighted by Crippen LogP contribution is -2.49. The van der Waals surface area contributed by atoms with Crippen molar-refractivity contribution in [3.8, 4) is 5.75 Å². The van der Waals surface area contributed by atoms with Crippen molar-refractivity contribution < 1.29 is 13.9 Å². The molecule has 1 amide bonds. The number of methoxy groups -OCH3 is 1. The molecule has 28 heavy (non-hydrogen) atoms. The number of benzene rings is 2. The smallest absolute Gasteiger partial charge is 0.253 e. The molecule has 0 fully saturated rings. The quantitative estimate of drug-likeness (QED) is 0.796. The highest BCUT2D eigenvalue weighted by molar-refractivity contribution is 7.80. The zero-order valence-electron chi connectivity index (χ0n) is 16.2. The summed E-state index contributed by atoms with van der Waals surface area (Å²) in [5, 5.41) is 3.61. The van der Waals surface area contributed by atoms with E-state index in [0.717, 1.165) is 5.69 Å². The van der Waals surface area contributed by atoms with Crippen LogP contribution in [0.4, 0.5) is 10.1 Å². The van der Waals surface area contributed by atoms with Gasteiger partial charge >= 0.3 is 0 Å². The maximum Gasteiger partial charge on any atom is 0.253 e. The molecule has 5 nitrogen and oxygen atoms in total. The topological polar surface area (TPSA) is 44.8 Å². The molecule has 2 aromatic rings. The van der Waals surface area contributed by atoms with Gasteiger partial charge in [-0.25, -0.2) is 4.39 Å². The van der Waals surface area contributed by atoms with Crippen LogP contribution in [0.15, 0.2) is 59.8 Å². The first kappa shape index (κ1) is 19.8. The van der Waals surface area contributed by atoms with Gasteiger partial charge < -0.3 is 15.0 Å². The molecule has 1 atom stereocenters. The SMILES string of the molecule is COc1ccccc1N1C(=S)N[C@H](c2cccc(F)c2)C(C(=O)N(C)C)=C1C. The Morgan fingerprint density at radius 1 is 1.21 bits per heavy atom. The van der Waals surface area contributed by atoms with Crippen LogP contribution in [0.2, 0.25) is 0 Å². The van der Waals surface area contributed by atoms with E-state index in [1.54, 1.807) is 38.2 Å². The molecule has 1 heterocycles. The molecule has 146 valence electrons. The zero-order chi connectivity index (χ0) is 20.4. The van der Waals surface area contributed by atoms with Gasteiger partial charge in [-0.15, -0.1) is 0 Å². The predicted molar refractivity (Wildman–Crippen MR) is 112 cm³/mol. The summed E-state index contributed by atoms with van der Waals surface area (Å²) in [4.78, 5) is 16.3. The molecule has 0 unspecified atom stereocenters. The molecule has 0 spiro atoms. The zero-order valence-corrected chi connectivity index (χ0v) is 17.0. The van der Waals surface area contributed by atoms with E-state index in [1.165, 1.54) is 17.0 Å². The van der Waals surface area contributed by atoms with Gasteiger partial charge in [-0.2, -0.15) is 0 Å². The Bertz CT molecular complexity index is 958. The van der Waals surface area contributed by atoms with Gasteiger partial charge in [-0.05, 0) is 49.0 Å². The fourth-order valence-corrected chi connectivity index (χ4v) is 3.65. The Kier molecular flexibility index (Phi) is 5.65. The maximum atomic E-state index is 13.8. The summed E-state index contributed by atoms with van der Waals surface area (Å²) in [7, 11) is 4.96. The third-order valence-electron chi connectivity index (χ3n) is 4.63. The Morgan fingerprint density at radius 3 is 2.57 bits per heavy atom. The van der Waals surface area contributed by atoms with Crippen molar-refractivity contribution in [1.29, 1.82) is 0 Å². The van der Waals surface area contributed by atoms with Crippen LogP contribution in [0.5, 0.6) is 5.75 Å². The number of nitrogens with zero attached hydrogens (tertiary/aromatic N) is 2. The molecule has 0 bridgehead atoms. The van der Waals surface area contributed by atoms with Crippen molar-refractivity contribution in [3.63, 3.8) is 0 Å². The molecular formula is C21H22FN3O2S. The first-order chi connectivity index (χ1) is 13.3. The number of ether oxygens (including phenoxy) is 1. The maximum absolute atomic E-state index is 13.8. The second-order valence-corrected chi connectivity index (χ2v) is 7.03. The van der Waals surface area contributed by atoms with Gasteiger partial charge in [0.25, 0.3) is 5.91 Å². The fourth-order valence-electron chi connectivity index (χ4n) is 3.30. The van der Waals surface area contributed by atoms with E-state index in [-0.39, 0.29) is 11.7 Å². The van der Waals surface area contributed by atoms with Crippen molar-refractivity contribution in [1.82, 2.24) is 10.2 Å². The van der Waals surface area contributed by atoms with Gasteiger partial charge in [-0.1, -0.05) is 24.3 Å². The van der Waals surface area contributed by atoms with E-state index in [2.05, 4.69) is 5.32 Å². The lowest BCUT2D eigenvalue weighted by molar-refractivity contribution is -0.125. The van der Waals surface area contributed by atoms with Crippen molar-refractivity contribution >= 4 is 28.9 Å². The lowest BCUT2D eigenvalue weighted by atomic mass is 9.93. The molecule has 1 aliphatic heterocycles. The number of thiocarbonyl (C=S) groups is 1. The predicted octanol–water partition coefficient (Wildman–Crippen LogP) is 3.63. The van der Waals surface area contributed by atoms with Crippen LogP contribution < -0.4 is 15.0 Å². The number of rotatable bonds is 4. The summed E-state index contributed by atoms with van der Waals surface area (Å²) in [6, 6.07) is 13.1. The summed E-state index contributed by atoms with van der Waals surface area (Å²) in [6.45, 7) is 1.84. The average molecular weight is 399 g/mol. The van der Waals surface area contributed by atoms with Crippen LogP contribution in [0.1, 0.15) is 18.5 Å². The number of nitrogens with one attached hydrogen (secondary N) is 1. The molecule has 0 saturated carbocycles. The molecule has 1 N–H and O–H groups in total.